The Morgan fingerprint density at radius 1 is 0.968 bits per heavy atom. The van der Waals surface area contributed by atoms with Crippen LogP contribution in [0.3, 0.4) is 0 Å². The number of anilines is 1. The Hall–Kier alpha value is -3.15. The van der Waals surface area contributed by atoms with E-state index in [4.69, 9.17) is 23.2 Å². The lowest BCUT2D eigenvalue weighted by atomic mass is 10.1. The van der Waals surface area contributed by atoms with E-state index < -0.39 is 5.91 Å². The van der Waals surface area contributed by atoms with Gasteiger partial charge in [0, 0.05) is 21.3 Å². The van der Waals surface area contributed by atoms with Crippen LogP contribution in [0.1, 0.15) is 27.3 Å². The van der Waals surface area contributed by atoms with Crippen LogP contribution in [0.15, 0.2) is 60.7 Å². The van der Waals surface area contributed by atoms with E-state index in [1.807, 2.05) is 69.3 Å². The van der Waals surface area contributed by atoms with Crippen LogP contribution in [0, 0.1) is 20.8 Å². The summed E-state index contributed by atoms with van der Waals surface area (Å²) in [5, 5.41) is 8.60. The summed E-state index contributed by atoms with van der Waals surface area (Å²) in [6.07, 6.45) is 0. The molecule has 4 aromatic rings. The highest BCUT2D eigenvalue weighted by Gasteiger charge is 2.21. The minimum atomic E-state index is -0.395. The Morgan fingerprint density at radius 3 is 2.48 bits per heavy atom. The lowest BCUT2D eigenvalue weighted by Crippen LogP contribution is -2.15. The molecule has 3 aromatic carbocycles. The molecular formula is C24H20Cl2N4O. The quantitative estimate of drug-likeness (QED) is 0.390. The van der Waals surface area contributed by atoms with Crippen molar-refractivity contribution in [3.8, 4) is 17.1 Å². The third-order valence-electron chi connectivity index (χ3n) is 4.99. The molecule has 0 fully saturated rings. The molecule has 1 heterocycles. The summed E-state index contributed by atoms with van der Waals surface area (Å²) >= 11 is 12.5. The van der Waals surface area contributed by atoms with Gasteiger partial charge in [0.2, 0.25) is 5.82 Å². The maximum absolute atomic E-state index is 13.0. The number of nitrogens with zero attached hydrogens (tertiary/aromatic N) is 3. The van der Waals surface area contributed by atoms with Gasteiger partial charge in [-0.05, 0) is 62.2 Å². The van der Waals surface area contributed by atoms with E-state index in [1.165, 1.54) is 0 Å². The fourth-order valence-corrected chi connectivity index (χ4v) is 3.71. The van der Waals surface area contributed by atoms with Crippen LogP contribution < -0.4 is 5.32 Å². The first-order valence-electron chi connectivity index (χ1n) is 9.70. The second kappa shape index (κ2) is 8.53. The summed E-state index contributed by atoms with van der Waals surface area (Å²) < 4.78 is 1.63. The maximum atomic E-state index is 13.0. The van der Waals surface area contributed by atoms with E-state index in [-0.39, 0.29) is 5.82 Å². The first-order valence-corrected chi connectivity index (χ1v) is 10.5. The van der Waals surface area contributed by atoms with Gasteiger partial charge >= 0.3 is 0 Å². The van der Waals surface area contributed by atoms with Crippen LogP contribution in [0.5, 0.6) is 0 Å². The summed E-state index contributed by atoms with van der Waals surface area (Å²) in [6, 6.07) is 18.6. The predicted molar refractivity (Wildman–Crippen MR) is 125 cm³/mol. The van der Waals surface area contributed by atoms with E-state index in [2.05, 4.69) is 15.4 Å². The van der Waals surface area contributed by atoms with Gasteiger partial charge in [0.05, 0.1) is 5.69 Å². The van der Waals surface area contributed by atoms with Crippen molar-refractivity contribution >= 4 is 34.8 Å². The molecular weight excluding hydrogens is 431 g/mol. The summed E-state index contributed by atoms with van der Waals surface area (Å²) in [4.78, 5) is 17.5. The lowest BCUT2D eigenvalue weighted by Gasteiger charge is -2.10. The standard InChI is InChI=1S/C24H20Cl2N4O/c1-14-10-11-20(15(2)12-14)27-24(31)22-28-23(17-6-4-7-18(25)13-17)30(29-22)21-9-5-8-19(26)16(21)3/h4-13H,1-3H3,(H,27,31). The van der Waals surface area contributed by atoms with Crippen molar-refractivity contribution in [2.45, 2.75) is 20.8 Å². The van der Waals surface area contributed by atoms with Crippen LogP contribution >= 0.6 is 23.2 Å². The fourth-order valence-electron chi connectivity index (χ4n) is 3.35. The van der Waals surface area contributed by atoms with Crippen LogP contribution in [0.25, 0.3) is 17.1 Å². The van der Waals surface area contributed by atoms with Crippen LogP contribution in [0.2, 0.25) is 10.0 Å². The third kappa shape index (κ3) is 4.33. The van der Waals surface area contributed by atoms with Gasteiger partial charge in [0.1, 0.15) is 0 Å². The molecule has 0 bridgehead atoms. The van der Waals surface area contributed by atoms with Crippen LogP contribution in [-0.2, 0) is 0 Å². The SMILES string of the molecule is Cc1ccc(NC(=O)c2nc(-c3cccc(Cl)c3)n(-c3cccc(Cl)c3C)n2)c(C)c1. The van der Waals surface area contributed by atoms with Gasteiger partial charge in [0.25, 0.3) is 5.91 Å². The van der Waals surface area contributed by atoms with Crippen molar-refractivity contribution < 1.29 is 4.79 Å². The number of aryl methyl sites for hydroxylation is 2. The fraction of sp³-hybridized carbons (Fsp3) is 0.125. The molecule has 0 saturated heterocycles. The van der Waals surface area contributed by atoms with Crippen molar-refractivity contribution in [2.75, 3.05) is 5.32 Å². The average molecular weight is 451 g/mol. The zero-order valence-electron chi connectivity index (χ0n) is 17.3. The molecule has 0 saturated carbocycles. The molecule has 0 unspecified atom stereocenters. The zero-order chi connectivity index (χ0) is 22.1. The van der Waals surface area contributed by atoms with Crippen LogP contribution in [0.4, 0.5) is 5.69 Å². The minimum absolute atomic E-state index is 0.0503. The number of aromatic nitrogens is 3. The van der Waals surface area contributed by atoms with Gasteiger partial charge in [-0.3, -0.25) is 4.79 Å². The molecule has 5 nitrogen and oxygen atoms in total. The molecule has 1 N–H and O–H groups in total. The van der Waals surface area contributed by atoms with Gasteiger partial charge in [0.15, 0.2) is 5.82 Å². The van der Waals surface area contributed by atoms with Gasteiger partial charge < -0.3 is 5.32 Å². The number of carbonyl (C=O) groups is 1. The molecule has 0 aliphatic heterocycles. The smallest absolute Gasteiger partial charge is 0.295 e. The molecule has 4 rings (SSSR count). The molecule has 1 aromatic heterocycles. The lowest BCUT2D eigenvalue weighted by molar-refractivity contribution is 0.101. The largest absolute Gasteiger partial charge is 0.319 e. The number of hydrogen-bond donors (Lipinski definition) is 1. The van der Waals surface area contributed by atoms with Crippen molar-refractivity contribution in [3.63, 3.8) is 0 Å². The number of hydrogen-bond acceptors (Lipinski definition) is 3. The first-order chi connectivity index (χ1) is 14.8. The second-order valence-corrected chi connectivity index (χ2v) is 8.18. The normalized spacial score (nSPS) is 10.9. The molecule has 0 aliphatic rings. The molecule has 0 atom stereocenters. The van der Waals surface area contributed by atoms with Crippen LogP contribution in [-0.4, -0.2) is 20.7 Å². The molecule has 1 amide bonds. The number of benzene rings is 3. The molecule has 0 aliphatic carbocycles. The number of halogens is 2. The molecule has 0 radical (unpaired) electrons. The highest BCUT2D eigenvalue weighted by Crippen LogP contribution is 2.28. The van der Waals surface area contributed by atoms with E-state index >= 15 is 0 Å². The molecule has 156 valence electrons. The van der Waals surface area contributed by atoms with Gasteiger partial charge in [-0.1, -0.05) is 59.1 Å². The van der Waals surface area contributed by atoms with Crippen molar-refractivity contribution in [1.29, 1.82) is 0 Å². The average Bonchev–Trinajstić information content (AvgIpc) is 3.17. The number of nitrogens with one attached hydrogen (secondary N) is 1. The minimum Gasteiger partial charge on any atom is -0.319 e. The summed E-state index contributed by atoms with van der Waals surface area (Å²) in [5.74, 6) is 0.154. The van der Waals surface area contributed by atoms with Crippen molar-refractivity contribution in [2.24, 2.45) is 0 Å². The Morgan fingerprint density at radius 2 is 1.74 bits per heavy atom. The maximum Gasteiger partial charge on any atom is 0.295 e. The zero-order valence-corrected chi connectivity index (χ0v) is 18.8. The highest BCUT2D eigenvalue weighted by molar-refractivity contribution is 6.31. The summed E-state index contributed by atoms with van der Waals surface area (Å²) in [6.45, 7) is 5.85. The van der Waals surface area contributed by atoms with Gasteiger partial charge in [-0.2, -0.15) is 0 Å². The molecule has 31 heavy (non-hydrogen) atoms. The van der Waals surface area contributed by atoms with E-state index in [9.17, 15) is 4.79 Å². The number of amides is 1. The molecule has 0 spiro atoms. The monoisotopic (exact) mass is 450 g/mol. The van der Waals surface area contributed by atoms with E-state index in [0.29, 0.717) is 15.9 Å². The summed E-state index contributed by atoms with van der Waals surface area (Å²) in [7, 11) is 0. The Labute approximate surface area is 190 Å². The second-order valence-electron chi connectivity index (χ2n) is 7.34. The predicted octanol–water partition coefficient (Wildman–Crippen LogP) is 6.42. The van der Waals surface area contributed by atoms with Crippen molar-refractivity contribution in [1.82, 2.24) is 14.8 Å². The topological polar surface area (TPSA) is 59.8 Å². The van der Waals surface area contributed by atoms with E-state index in [1.54, 1.807) is 16.8 Å². The van der Waals surface area contributed by atoms with Gasteiger partial charge in [-0.15, -0.1) is 5.10 Å². The van der Waals surface area contributed by atoms with Gasteiger partial charge in [-0.25, -0.2) is 9.67 Å². The molecule has 7 heteroatoms. The third-order valence-corrected chi connectivity index (χ3v) is 5.64. The van der Waals surface area contributed by atoms with Crippen molar-refractivity contribution in [3.05, 3.63) is 93.2 Å². The number of rotatable bonds is 4. The highest BCUT2D eigenvalue weighted by atomic mass is 35.5. The Balaban J connectivity index is 1.81. The Kier molecular flexibility index (Phi) is 5.81. The Bertz CT molecular complexity index is 1300. The first kappa shape index (κ1) is 21.1. The van der Waals surface area contributed by atoms with E-state index in [0.717, 1.165) is 33.6 Å². The summed E-state index contributed by atoms with van der Waals surface area (Å²) in [5.41, 5.74) is 5.12. The number of carbonyl (C=O) groups excluding carboxylic acids is 1.